The SMILES string of the molecule is C=CCC(=O)CCC(CCN)C(C)C. The molecule has 1 unspecified atom stereocenters. The summed E-state index contributed by atoms with van der Waals surface area (Å²) in [5.74, 6) is 1.51. The highest BCUT2D eigenvalue weighted by Crippen LogP contribution is 2.20. The number of hydrogen-bond donors (Lipinski definition) is 1. The van der Waals surface area contributed by atoms with E-state index in [4.69, 9.17) is 5.73 Å². The van der Waals surface area contributed by atoms with Gasteiger partial charge in [0.1, 0.15) is 5.78 Å². The molecule has 2 nitrogen and oxygen atoms in total. The van der Waals surface area contributed by atoms with Crippen LogP contribution >= 0.6 is 0 Å². The maximum absolute atomic E-state index is 11.3. The first-order valence-electron chi connectivity index (χ1n) is 5.44. The summed E-state index contributed by atoms with van der Waals surface area (Å²) in [6, 6.07) is 0. The number of carbonyl (C=O) groups is 1. The molecule has 2 N–H and O–H groups in total. The molecule has 0 aromatic carbocycles. The van der Waals surface area contributed by atoms with Crippen LogP contribution in [-0.4, -0.2) is 12.3 Å². The number of hydrogen-bond acceptors (Lipinski definition) is 2. The fraction of sp³-hybridized carbons (Fsp3) is 0.750. The van der Waals surface area contributed by atoms with Gasteiger partial charge in [-0.05, 0) is 31.2 Å². The first kappa shape index (κ1) is 13.4. The van der Waals surface area contributed by atoms with Crippen molar-refractivity contribution in [2.75, 3.05) is 6.54 Å². The first-order chi connectivity index (χ1) is 6.61. The summed E-state index contributed by atoms with van der Waals surface area (Å²) in [6.45, 7) is 8.66. The van der Waals surface area contributed by atoms with E-state index in [1.165, 1.54) is 0 Å². The molecule has 0 aliphatic heterocycles. The van der Waals surface area contributed by atoms with E-state index in [0.29, 0.717) is 30.5 Å². The van der Waals surface area contributed by atoms with Gasteiger partial charge in [0.2, 0.25) is 0 Å². The second-order valence-corrected chi connectivity index (χ2v) is 4.15. The summed E-state index contributed by atoms with van der Waals surface area (Å²) in [5, 5.41) is 0. The number of allylic oxidation sites excluding steroid dienone is 1. The van der Waals surface area contributed by atoms with Crippen LogP contribution in [0.4, 0.5) is 0 Å². The van der Waals surface area contributed by atoms with E-state index in [1.54, 1.807) is 6.08 Å². The molecule has 0 rings (SSSR count). The van der Waals surface area contributed by atoms with Gasteiger partial charge in [0.25, 0.3) is 0 Å². The highest BCUT2D eigenvalue weighted by Gasteiger charge is 2.13. The fourth-order valence-electron chi connectivity index (χ4n) is 1.63. The minimum absolute atomic E-state index is 0.294. The van der Waals surface area contributed by atoms with E-state index in [0.717, 1.165) is 19.4 Å². The van der Waals surface area contributed by atoms with Gasteiger partial charge in [0.15, 0.2) is 0 Å². The van der Waals surface area contributed by atoms with Crippen LogP contribution in [0.2, 0.25) is 0 Å². The van der Waals surface area contributed by atoms with E-state index in [-0.39, 0.29) is 0 Å². The molecule has 14 heavy (non-hydrogen) atoms. The van der Waals surface area contributed by atoms with E-state index < -0.39 is 0 Å². The van der Waals surface area contributed by atoms with Gasteiger partial charge in [0.05, 0.1) is 0 Å². The van der Waals surface area contributed by atoms with Gasteiger partial charge in [-0.15, -0.1) is 6.58 Å². The van der Waals surface area contributed by atoms with Crippen LogP contribution in [0.5, 0.6) is 0 Å². The number of carbonyl (C=O) groups excluding carboxylic acids is 1. The van der Waals surface area contributed by atoms with Crippen molar-refractivity contribution in [2.24, 2.45) is 17.6 Å². The highest BCUT2D eigenvalue weighted by molar-refractivity contribution is 5.79. The van der Waals surface area contributed by atoms with Crippen LogP contribution in [0.3, 0.4) is 0 Å². The van der Waals surface area contributed by atoms with E-state index in [9.17, 15) is 4.79 Å². The van der Waals surface area contributed by atoms with E-state index in [1.807, 2.05) is 0 Å². The normalized spacial score (nSPS) is 12.9. The van der Waals surface area contributed by atoms with Crippen molar-refractivity contribution >= 4 is 5.78 Å². The van der Waals surface area contributed by atoms with Crippen LogP contribution < -0.4 is 5.73 Å². The predicted octanol–water partition coefficient (Wildman–Crippen LogP) is 2.53. The smallest absolute Gasteiger partial charge is 0.136 e. The summed E-state index contributed by atoms with van der Waals surface area (Å²) in [5.41, 5.74) is 5.53. The van der Waals surface area contributed by atoms with Crippen LogP contribution in [-0.2, 0) is 4.79 Å². The Balaban J connectivity index is 3.80. The summed E-state index contributed by atoms with van der Waals surface area (Å²) < 4.78 is 0. The Labute approximate surface area is 87.6 Å². The van der Waals surface area contributed by atoms with Gasteiger partial charge in [-0.1, -0.05) is 19.9 Å². The summed E-state index contributed by atoms with van der Waals surface area (Å²) >= 11 is 0. The van der Waals surface area contributed by atoms with Gasteiger partial charge in [-0.25, -0.2) is 0 Å². The monoisotopic (exact) mass is 197 g/mol. The van der Waals surface area contributed by atoms with Crippen molar-refractivity contribution in [1.29, 1.82) is 0 Å². The average Bonchev–Trinajstić information content (AvgIpc) is 2.12. The third-order valence-electron chi connectivity index (χ3n) is 2.65. The van der Waals surface area contributed by atoms with Gasteiger partial charge in [0, 0.05) is 12.8 Å². The van der Waals surface area contributed by atoms with Crippen molar-refractivity contribution in [1.82, 2.24) is 0 Å². The van der Waals surface area contributed by atoms with Crippen LogP contribution in [0.15, 0.2) is 12.7 Å². The summed E-state index contributed by atoms with van der Waals surface area (Å²) in [4.78, 5) is 11.3. The van der Waals surface area contributed by atoms with Gasteiger partial charge in [-0.3, -0.25) is 4.79 Å². The molecule has 0 aliphatic rings. The van der Waals surface area contributed by atoms with E-state index in [2.05, 4.69) is 20.4 Å². The predicted molar refractivity (Wildman–Crippen MR) is 61.1 cm³/mol. The number of ketones is 1. The molecule has 1 atom stereocenters. The topological polar surface area (TPSA) is 43.1 Å². The van der Waals surface area contributed by atoms with Crippen LogP contribution in [0.1, 0.15) is 39.5 Å². The minimum atomic E-state index is 0.294. The van der Waals surface area contributed by atoms with Crippen molar-refractivity contribution in [3.63, 3.8) is 0 Å². The molecule has 0 saturated carbocycles. The molecule has 0 bridgehead atoms. The Hall–Kier alpha value is -0.630. The van der Waals surface area contributed by atoms with E-state index >= 15 is 0 Å². The summed E-state index contributed by atoms with van der Waals surface area (Å²) in [6.07, 6.45) is 4.86. The third-order valence-corrected chi connectivity index (χ3v) is 2.65. The Morgan fingerprint density at radius 1 is 1.43 bits per heavy atom. The van der Waals surface area contributed by atoms with Crippen molar-refractivity contribution < 1.29 is 4.79 Å². The molecule has 0 aromatic heterocycles. The molecule has 2 heteroatoms. The first-order valence-corrected chi connectivity index (χ1v) is 5.44. The molecular weight excluding hydrogens is 174 g/mol. The van der Waals surface area contributed by atoms with Crippen molar-refractivity contribution in [3.8, 4) is 0 Å². The zero-order valence-corrected chi connectivity index (χ0v) is 9.46. The standard InChI is InChI=1S/C12H23NO/c1-4-5-12(14)7-6-11(8-9-13)10(2)3/h4,10-11H,1,5-9,13H2,2-3H3. The lowest BCUT2D eigenvalue weighted by molar-refractivity contribution is -0.118. The maximum atomic E-state index is 11.3. The zero-order chi connectivity index (χ0) is 11.0. The highest BCUT2D eigenvalue weighted by atomic mass is 16.1. The molecule has 0 fully saturated rings. The Bertz CT molecular complexity index is 175. The maximum Gasteiger partial charge on any atom is 0.136 e. The molecule has 82 valence electrons. The van der Waals surface area contributed by atoms with Crippen LogP contribution in [0, 0.1) is 11.8 Å². The number of rotatable bonds is 8. The van der Waals surface area contributed by atoms with Crippen molar-refractivity contribution in [2.45, 2.75) is 39.5 Å². The number of Topliss-reactive ketones (excluding diaryl/α,β-unsaturated/α-hetero) is 1. The molecule has 0 amide bonds. The number of nitrogens with two attached hydrogens (primary N) is 1. The fourth-order valence-corrected chi connectivity index (χ4v) is 1.63. The Morgan fingerprint density at radius 2 is 2.07 bits per heavy atom. The molecule has 0 saturated heterocycles. The minimum Gasteiger partial charge on any atom is -0.330 e. The van der Waals surface area contributed by atoms with Gasteiger partial charge in [-0.2, -0.15) is 0 Å². The Morgan fingerprint density at radius 3 is 2.50 bits per heavy atom. The van der Waals surface area contributed by atoms with Crippen molar-refractivity contribution in [3.05, 3.63) is 12.7 Å². The van der Waals surface area contributed by atoms with Crippen LogP contribution in [0.25, 0.3) is 0 Å². The second-order valence-electron chi connectivity index (χ2n) is 4.15. The molecule has 0 heterocycles. The molecular formula is C12H23NO. The zero-order valence-electron chi connectivity index (χ0n) is 9.46. The lowest BCUT2D eigenvalue weighted by Gasteiger charge is -2.19. The second kappa shape index (κ2) is 7.74. The molecule has 0 radical (unpaired) electrons. The van der Waals surface area contributed by atoms with Gasteiger partial charge >= 0.3 is 0 Å². The molecule has 0 aliphatic carbocycles. The quantitative estimate of drug-likeness (QED) is 0.608. The van der Waals surface area contributed by atoms with Gasteiger partial charge < -0.3 is 5.73 Å². The molecule has 0 aromatic rings. The lowest BCUT2D eigenvalue weighted by atomic mass is 9.87. The lowest BCUT2D eigenvalue weighted by Crippen LogP contribution is -2.15. The Kier molecular flexibility index (Phi) is 7.40. The largest absolute Gasteiger partial charge is 0.330 e. The molecule has 0 spiro atoms. The average molecular weight is 197 g/mol. The summed E-state index contributed by atoms with van der Waals surface area (Å²) in [7, 11) is 0. The third kappa shape index (κ3) is 5.92.